The molecule has 1 atom stereocenters. The molecule has 1 unspecified atom stereocenters. The summed E-state index contributed by atoms with van der Waals surface area (Å²) < 4.78 is 5.64. The van der Waals surface area contributed by atoms with Crippen molar-refractivity contribution in [2.45, 2.75) is 65.9 Å². The van der Waals surface area contributed by atoms with Crippen LogP contribution in [0.2, 0.25) is 0 Å². The fourth-order valence-electron chi connectivity index (χ4n) is 3.95. The highest BCUT2D eigenvalue weighted by molar-refractivity contribution is 14.0. The van der Waals surface area contributed by atoms with Crippen molar-refractivity contribution in [2.24, 2.45) is 4.99 Å². The van der Waals surface area contributed by atoms with Gasteiger partial charge in [-0.25, -0.2) is 0 Å². The summed E-state index contributed by atoms with van der Waals surface area (Å²) in [5.41, 5.74) is 2.63. The lowest BCUT2D eigenvalue weighted by Gasteiger charge is -2.31. The van der Waals surface area contributed by atoms with Gasteiger partial charge in [-0.15, -0.1) is 24.0 Å². The Morgan fingerprint density at radius 2 is 1.90 bits per heavy atom. The van der Waals surface area contributed by atoms with Gasteiger partial charge in [0, 0.05) is 58.4 Å². The van der Waals surface area contributed by atoms with Crippen LogP contribution in [-0.2, 0) is 17.8 Å². The quantitative estimate of drug-likeness (QED) is 0.291. The summed E-state index contributed by atoms with van der Waals surface area (Å²) in [4.78, 5) is 9.32. The zero-order chi connectivity index (χ0) is 21.2. The van der Waals surface area contributed by atoms with E-state index in [1.807, 2.05) is 7.05 Å². The van der Waals surface area contributed by atoms with Gasteiger partial charge in [0.1, 0.15) is 0 Å². The third-order valence-electron chi connectivity index (χ3n) is 5.40. The summed E-state index contributed by atoms with van der Waals surface area (Å²) in [7, 11) is 1.83. The number of nitrogens with zero attached hydrogens (tertiary/aromatic N) is 3. The van der Waals surface area contributed by atoms with Crippen molar-refractivity contribution in [3.8, 4) is 0 Å². The summed E-state index contributed by atoms with van der Waals surface area (Å²) in [6.45, 7) is 17.6. The normalized spacial score (nSPS) is 18.0. The van der Waals surface area contributed by atoms with Crippen molar-refractivity contribution in [3.05, 3.63) is 35.4 Å². The van der Waals surface area contributed by atoms with E-state index in [-0.39, 0.29) is 24.0 Å². The van der Waals surface area contributed by atoms with Gasteiger partial charge in [0.15, 0.2) is 5.96 Å². The first-order valence-electron chi connectivity index (χ1n) is 11.0. The third-order valence-corrected chi connectivity index (χ3v) is 5.40. The highest BCUT2D eigenvalue weighted by Gasteiger charge is 2.16. The lowest BCUT2D eigenvalue weighted by Crippen LogP contribution is -2.45. The Labute approximate surface area is 200 Å². The second kappa shape index (κ2) is 14.2. The number of rotatable bonds is 9. The number of ether oxygens (including phenoxy) is 1. The van der Waals surface area contributed by atoms with Gasteiger partial charge in [0.05, 0.1) is 12.7 Å². The fraction of sp³-hybridized carbons (Fsp3) is 0.696. The molecule has 1 saturated heterocycles. The first kappa shape index (κ1) is 27.1. The molecule has 1 aliphatic heterocycles. The van der Waals surface area contributed by atoms with E-state index in [0.29, 0.717) is 18.2 Å². The minimum absolute atomic E-state index is 0. The van der Waals surface area contributed by atoms with E-state index in [4.69, 9.17) is 4.74 Å². The maximum absolute atomic E-state index is 5.64. The van der Waals surface area contributed by atoms with Crippen LogP contribution in [-0.4, -0.2) is 73.8 Å². The van der Waals surface area contributed by atoms with Gasteiger partial charge in [0.2, 0.25) is 0 Å². The zero-order valence-electron chi connectivity index (χ0n) is 19.6. The number of nitrogens with one attached hydrogen (secondary N) is 2. The molecule has 0 aromatic heterocycles. The van der Waals surface area contributed by atoms with Crippen LogP contribution >= 0.6 is 24.0 Å². The monoisotopic (exact) mass is 531 g/mol. The Bertz CT molecular complexity index is 630. The van der Waals surface area contributed by atoms with E-state index in [1.54, 1.807) is 0 Å². The lowest BCUT2D eigenvalue weighted by molar-refractivity contribution is -0.0212. The largest absolute Gasteiger partial charge is 0.376 e. The topological polar surface area (TPSA) is 52.1 Å². The highest BCUT2D eigenvalue weighted by Crippen LogP contribution is 2.12. The molecule has 0 aliphatic carbocycles. The molecule has 1 heterocycles. The summed E-state index contributed by atoms with van der Waals surface area (Å²) >= 11 is 0. The molecule has 6 nitrogen and oxygen atoms in total. The average Bonchev–Trinajstić information content (AvgIpc) is 2.67. The third kappa shape index (κ3) is 9.49. The predicted molar refractivity (Wildman–Crippen MR) is 138 cm³/mol. The molecule has 30 heavy (non-hydrogen) atoms. The molecular formula is C23H42IN5O. The molecule has 0 bridgehead atoms. The first-order valence-corrected chi connectivity index (χ1v) is 11.0. The van der Waals surface area contributed by atoms with Crippen LogP contribution in [0.15, 0.2) is 29.3 Å². The number of morpholine rings is 1. The molecule has 0 amide bonds. The molecule has 172 valence electrons. The van der Waals surface area contributed by atoms with Gasteiger partial charge >= 0.3 is 0 Å². The van der Waals surface area contributed by atoms with Gasteiger partial charge < -0.3 is 15.4 Å². The van der Waals surface area contributed by atoms with Crippen molar-refractivity contribution in [2.75, 3.05) is 39.8 Å². The molecule has 1 aromatic carbocycles. The molecule has 7 heteroatoms. The molecule has 0 radical (unpaired) electrons. The number of benzene rings is 1. The minimum atomic E-state index is 0. The average molecular weight is 532 g/mol. The van der Waals surface area contributed by atoms with Crippen molar-refractivity contribution < 1.29 is 4.74 Å². The molecule has 2 rings (SSSR count). The van der Waals surface area contributed by atoms with Crippen LogP contribution in [0.3, 0.4) is 0 Å². The summed E-state index contributed by atoms with van der Waals surface area (Å²) in [6.07, 6.45) is 0.324. The maximum atomic E-state index is 5.64. The second-order valence-electron chi connectivity index (χ2n) is 8.51. The number of halogens is 1. The zero-order valence-corrected chi connectivity index (χ0v) is 22.0. The van der Waals surface area contributed by atoms with Crippen molar-refractivity contribution >= 4 is 29.9 Å². The van der Waals surface area contributed by atoms with E-state index in [1.165, 1.54) is 11.1 Å². The number of hydrogen-bond donors (Lipinski definition) is 2. The number of hydrogen-bond acceptors (Lipinski definition) is 4. The molecule has 0 saturated carbocycles. The van der Waals surface area contributed by atoms with E-state index >= 15 is 0 Å². The summed E-state index contributed by atoms with van der Waals surface area (Å²) in [5, 5.41) is 6.88. The van der Waals surface area contributed by atoms with Crippen LogP contribution in [0.1, 0.15) is 45.7 Å². The summed E-state index contributed by atoms with van der Waals surface area (Å²) in [6, 6.07) is 9.91. The molecule has 2 N–H and O–H groups in total. The van der Waals surface area contributed by atoms with E-state index < -0.39 is 0 Å². The molecule has 0 spiro atoms. The van der Waals surface area contributed by atoms with Gasteiger partial charge in [-0.3, -0.25) is 14.8 Å². The van der Waals surface area contributed by atoms with Gasteiger partial charge in [0.25, 0.3) is 0 Å². The van der Waals surface area contributed by atoms with Crippen LogP contribution in [0, 0.1) is 0 Å². The van der Waals surface area contributed by atoms with Gasteiger partial charge in [-0.1, -0.05) is 24.3 Å². The SMILES string of the molecule is CN=C(NCCN(C(C)C)C(C)C)NCc1cccc(CN2CCOC(C)C2)c1.I. The van der Waals surface area contributed by atoms with Crippen LogP contribution in [0.4, 0.5) is 0 Å². The Hall–Kier alpha value is -0.900. The number of guanidine groups is 1. The first-order chi connectivity index (χ1) is 13.9. The number of aliphatic imine (C=N–C) groups is 1. The highest BCUT2D eigenvalue weighted by atomic mass is 127. The van der Waals surface area contributed by atoms with E-state index in [0.717, 1.165) is 51.8 Å². The van der Waals surface area contributed by atoms with Crippen LogP contribution in [0.25, 0.3) is 0 Å². The van der Waals surface area contributed by atoms with Crippen LogP contribution < -0.4 is 10.6 Å². The van der Waals surface area contributed by atoms with Crippen molar-refractivity contribution in [1.29, 1.82) is 0 Å². The van der Waals surface area contributed by atoms with E-state index in [9.17, 15) is 0 Å². The maximum Gasteiger partial charge on any atom is 0.191 e. The van der Waals surface area contributed by atoms with Crippen LogP contribution in [0.5, 0.6) is 0 Å². The fourth-order valence-corrected chi connectivity index (χ4v) is 3.95. The van der Waals surface area contributed by atoms with E-state index in [2.05, 4.69) is 84.3 Å². The van der Waals surface area contributed by atoms with Crippen molar-refractivity contribution in [3.63, 3.8) is 0 Å². The van der Waals surface area contributed by atoms with Gasteiger partial charge in [-0.2, -0.15) is 0 Å². The molecule has 1 fully saturated rings. The lowest BCUT2D eigenvalue weighted by atomic mass is 10.1. The molecule has 1 aromatic rings. The Morgan fingerprint density at radius 1 is 1.20 bits per heavy atom. The van der Waals surface area contributed by atoms with Gasteiger partial charge in [-0.05, 0) is 45.7 Å². The second-order valence-corrected chi connectivity index (χ2v) is 8.51. The molecule has 1 aliphatic rings. The predicted octanol–water partition coefficient (Wildman–Crippen LogP) is 3.31. The molecular weight excluding hydrogens is 489 g/mol. The van der Waals surface area contributed by atoms with Crippen molar-refractivity contribution in [1.82, 2.24) is 20.4 Å². The summed E-state index contributed by atoms with van der Waals surface area (Å²) in [5.74, 6) is 0.852. The minimum Gasteiger partial charge on any atom is -0.376 e. The Kier molecular flexibility index (Phi) is 12.9. The standard InChI is InChI=1S/C23H41N5O.HI/c1-18(2)28(19(3)4)11-10-25-23(24-6)26-15-21-8-7-9-22(14-21)17-27-12-13-29-20(5)16-27;/h7-9,14,18-20H,10-13,15-17H2,1-6H3,(H2,24,25,26);1H. The Balaban J connectivity index is 0.00000450. The smallest absolute Gasteiger partial charge is 0.191 e. The Morgan fingerprint density at radius 3 is 2.53 bits per heavy atom.